The maximum atomic E-state index is 12.7. The van der Waals surface area contributed by atoms with E-state index in [2.05, 4.69) is 4.98 Å². The number of aromatic nitrogens is 3. The van der Waals surface area contributed by atoms with Crippen LogP contribution in [0.5, 0.6) is 0 Å². The quantitative estimate of drug-likeness (QED) is 0.547. The highest BCUT2D eigenvalue weighted by Crippen LogP contribution is 2.24. The fourth-order valence-electron chi connectivity index (χ4n) is 2.82. The first-order valence-corrected chi connectivity index (χ1v) is 8.48. The molecule has 3 aromatic rings. The minimum Gasteiger partial charge on any atom is -0.466 e. The van der Waals surface area contributed by atoms with E-state index in [0.29, 0.717) is 28.2 Å². The van der Waals surface area contributed by atoms with E-state index in [9.17, 15) is 14.4 Å². The average molecular weight is 376 g/mol. The van der Waals surface area contributed by atoms with Crippen molar-refractivity contribution in [3.8, 4) is 11.3 Å². The molecule has 0 aliphatic heterocycles. The number of fused-ring (bicyclic) bond motifs is 1. The Kier molecular flexibility index (Phi) is 4.99. The molecule has 2 aromatic heterocycles. The molecule has 1 N–H and O–H groups in total. The van der Waals surface area contributed by atoms with Gasteiger partial charge in [-0.15, -0.1) is 0 Å². The second-order valence-corrected chi connectivity index (χ2v) is 6.38. The van der Waals surface area contributed by atoms with Crippen molar-refractivity contribution in [1.29, 1.82) is 0 Å². The number of benzene rings is 1. The van der Waals surface area contributed by atoms with E-state index in [1.165, 1.54) is 11.5 Å². The highest BCUT2D eigenvalue weighted by molar-refractivity contribution is 6.30. The van der Waals surface area contributed by atoms with Crippen LogP contribution in [-0.2, 0) is 23.1 Å². The van der Waals surface area contributed by atoms with Crippen LogP contribution in [-0.4, -0.2) is 26.7 Å². The summed E-state index contributed by atoms with van der Waals surface area (Å²) in [4.78, 5) is 39.1. The number of aryl methyl sites for hydroxylation is 1. The number of rotatable bonds is 5. The van der Waals surface area contributed by atoms with Gasteiger partial charge in [-0.05, 0) is 30.2 Å². The molecule has 1 aromatic carbocycles. The highest BCUT2D eigenvalue weighted by atomic mass is 35.5. The molecule has 7 nitrogen and oxygen atoms in total. The van der Waals surface area contributed by atoms with Crippen LogP contribution in [0.2, 0.25) is 5.02 Å². The van der Waals surface area contributed by atoms with Crippen molar-refractivity contribution in [1.82, 2.24) is 14.1 Å². The molecule has 26 heavy (non-hydrogen) atoms. The number of halogens is 1. The van der Waals surface area contributed by atoms with Gasteiger partial charge in [-0.3, -0.25) is 18.7 Å². The van der Waals surface area contributed by atoms with E-state index >= 15 is 0 Å². The molecule has 0 unspecified atom stereocenters. The molecule has 0 saturated carbocycles. The third-order valence-electron chi connectivity index (χ3n) is 4.10. The number of ether oxygens (including phenoxy) is 1. The van der Waals surface area contributed by atoms with E-state index in [0.717, 1.165) is 10.1 Å². The van der Waals surface area contributed by atoms with Gasteiger partial charge in [0.1, 0.15) is 5.52 Å². The number of carbonyl (C=O) groups excluding carboxylic acids is 1. The summed E-state index contributed by atoms with van der Waals surface area (Å²) in [5.41, 5.74) is 1.57. The maximum Gasteiger partial charge on any atom is 0.331 e. The second-order valence-electron chi connectivity index (χ2n) is 5.95. The zero-order valence-corrected chi connectivity index (χ0v) is 15.2. The smallest absolute Gasteiger partial charge is 0.331 e. The van der Waals surface area contributed by atoms with E-state index < -0.39 is 17.2 Å². The number of esters is 1. The molecule has 0 amide bonds. The standard InChI is InChI=1S/C18H18ClN3O4/c1-11(23)26-8-4-7-22-17(24)16-15(21(2)18(22)25)10-14(20-16)12-5-3-6-13(19)9-12/h3,5-6,9-10,20H,4,7-8H2,1-2H3. The number of hydrogen-bond acceptors (Lipinski definition) is 4. The van der Waals surface area contributed by atoms with Gasteiger partial charge >= 0.3 is 11.7 Å². The summed E-state index contributed by atoms with van der Waals surface area (Å²) in [6.07, 6.45) is 0.377. The molecule has 0 atom stereocenters. The van der Waals surface area contributed by atoms with Gasteiger partial charge in [0.05, 0.1) is 12.1 Å². The first-order chi connectivity index (χ1) is 12.4. The number of nitrogens with one attached hydrogen (secondary N) is 1. The SMILES string of the molecule is CC(=O)OCCCn1c(=O)c2[nH]c(-c3cccc(Cl)c3)cc2n(C)c1=O. The van der Waals surface area contributed by atoms with Crippen molar-refractivity contribution in [3.63, 3.8) is 0 Å². The minimum atomic E-state index is -0.415. The number of H-pyrrole nitrogens is 1. The zero-order chi connectivity index (χ0) is 18.8. The molecule has 8 heteroatoms. The molecule has 0 aliphatic carbocycles. The Morgan fingerprint density at radius 1 is 1.27 bits per heavy atom. The van der Waals surface area contributed by atoms with Gasteiger partial charge < -0.3 is 9.72 Å². The summed E-state index contributed by atoms with van der Waals surface area (Å²) in [7, 11) is 1.61. The first kappa shape index (κ1) is 18.0. The van der Waals surface area contributed by atoms with Crippen LogP contribution >= 0.6 is 11.6 Å². The molecule has 0 aliphatic rings. The molecule has 0 fully saturated rings. The van der Waals surface area contributed by atoms with Crippen molar-refractivity contribution in [2.45, 2.75) is 19.9 Å². The molecule has 136 valence electrons. The number of nitrogens with zero attached hydrogens (tertiary/aromatic N) is 2. The van der Waals surface area contributed by atoms with Gasteiger partial charge in [-0.25, -0.2) is 4.79 Å². The van der Waals surface area contributed by atoms with Crippen molar-refractivity contribution < 1.29 is 9.53 Å². The third-order valence-corrected chi connectivity index (χ3v) is 4.34. The van der Waals surface area contributed by atoms with Crippen molar-refractivity contribution in [2.75, 3.05) is 6.61 Å². The Balaban J connectivity index is 2.03. The molecule has 0 saturated heterocycles. The largest absolute Gasteiger partial charge is 0.466 e. The van der Waals surface area contributed by atoms with Crippen molar-refractivity contribution in [3.05, 3.63) is 56.2 Å². The van der Waals surface area contributed by atoms with Crippen LogP contribution < -0.4 is 11.2 Å². The zero-order valence-electron chi connectivity index (χ0n) is 14.4. The third kappa shape index (κ3) is 3.43. The maximum absolute atomic E-state index is 12.7. The fourth-order valence-corrected chi connectivity index (χ4v) is 3.01. The van der Waals surface area contributed by atoms with Crippen LogP contribution in [0, 0.1) is 0 Å². The predicted molar refractivity (Wildman–Crippen MR) is 99.5 cm³/mol. The lowest BCUT2D eigenvalue weighted by molar-refractivity contribution is -0.141. The van der Waals surface area contributed by atoms with Crippen LogP contribution in [0.15, 0.2) is 39.9 Å². The van der Waals surface area contributed by atoms with Crippen LogP contribution in [0.1, 0.15) is 13.3 Å². The molecule has 0 bridgehead atoms. The number of hydrogen-bond donors (Lipinski definition) is 1. The lowest BCUT2D eigenvalue weighted by Crippen LogP contribution is -2.39. The molecule has 2 heterocycles. The first-order valence-electron chi connectivity index (χ1n) is 8.10. The summed E-state index contributed by atoms with van der Waals surface area (Å²) in [5.74, 6) is -0.392. The van der Waals surface area contributed by atoms with Gasteiger partial charge in [0.25, 0.3) is 5.56 Å². The lowest BCUT2D eigenvalue weighted by Gasteiger charge is -2.08. The van der Waals surface area contributed by atoms with Gasteiger partial charge in [-0.1, -0.05) is 23.7 Å². The lowest BCUT2D eigenvalue weighted by atomic mass is 10.1. The Hall–Kier alpha value is -2.80. The fraction of sp³-hybridized carbons (Fsp3) is 0.278. The Morgan fingerprint density at radius 2 is 2.04 bits per heavy atom. The molecule has 0 spiro atoms. The Morgan fingerprint density at radius 3 is 2.73 bits per heavy atom. The van der Waals surface area contributed by atoms with Crippen molar-refractivity contribution in [2.24, 2.45) is 7.05 Å². The van der Waals surface area contributed by atoms with Gasteiger partial charge in [0.2, 0.25) is 0 Å². The normalized spacial score (nSPS) is 11.0. The monoisotopic (exact) mass is 375 g/mol. The number of carbonyl (C=O) groups is 1. The van der Waals surface area contributed by atoms with Gasteiger partial charge in [-0.2, -0.15) is 0 Å². The van der Waals surface area contributed by atoms with Crippen LogP contribution in [0.3, 0.4) is 0 Å². The summed E-state index contributed by atoms with van der Waals surface area (Å²) < 4.78 is 7.42. The van der Waals surface area contributed by atoms with Crippen LogP contribution in [0.4, 0.5) is 0 Å². The minimum absolute atomic E-state index is 0.154. The number of aromatic amines is 1. The van der Waals surface area contributed by atoms with E-state index in [4.69, 9.17) is 16.3 Å². The average Bonchev–Trinajstić information content (AvgIpc) is 3.05. The van der Waals surface area contributed by atoms with Gasteiger partial charge in [0.15, 0.2) is 0 Å². The van der Waals surface area contributed by atoms with Crippen LogP contribution in [0.25, 0.3) is 22.3 Å². The van der Waals surface area contributed by atoms with Crippen molar-refractivity contribution >= 4 is 28.6 Å². The topological polar surface area (TPSA) is 86.1 Å². The molecular weight excluding hydrogens is 358 g/mol. The van der Waals surface area contributed by atoms with Gasteiger partial charge in [0, 0.05) is 31.2 Å². The van der Waals surface area contributed by atoms with E-state index in [-0.39, 0.29) is 13.2 Å². The highest BCUT2D eigenvalue weighted by Gasteiger charge is 2.14. The molecule has 0 radical (unpaired) electrons. The Bertz CT molecular complexity index is 1090. The van der Waals surface area contributed by atoms with E-state index in [1.54, 1.807) is 25.2 Å². The van der Waals surface area contributed by atoms with E-state index in [1.807, 2.05) is 12.1 Å². The Labute approximate surface area is 153 Å². The molecule has 3 rings (SSSR count). The summed E-state index contributed by atoms with van der Waals surface area (Å²) in [6.45, 7) is 1.63. The molecular formula is C18H18ClN3O4. The summed E-state index contributed by atoms with van der Waals surface area (Å²) in [5, 5.41) is 0.581. The predicted octanol–water partition coefficient (Wildman–Crippen LogP) is 2.30. The summed E-state index contributed by atoms with van der Waals surface area (Å²) in [6, 6.07) is 8.98. The summed E-state index contributed by atoms with van der Waals surface area (Å²) >= 11 is 6.03. The second kappa shape index (κ2) is 7.21.